The van der Waals surface area contributed by atoms with Crippen molar-refractivity contribution in [3.05, 3.63) is 29.3 Å². The molecule has 0 spiro atoms. The molecule has 0 heterocycles. The molecule has 1 aromatic rings. The Morgan fingerprint density at radius 2 is 1.67 bits per heavy atom. The number of halogens is 2. The van der Waals surface area contributed by atoms with E-state index in [0.717, 1.165) is 0 Å². The molecule has 0 saturated heterocycles. The predicted molar refractivity (Wildman–Crippen MR) is 82.9 cm³/mol. The zero-order valence-electron chi connectivity index (χ0n) is 11.5. The summed E-state index contributed by atoms with van der Waals surface area (Å²) in [6.07, 6.45) is 1.05. The van der Waals surface area contributed by atoms with E-state index in [2.05, 4.69) is 10.6 Å². The van der Waals surface area contributed by atoms with Crippen LogP contribution in [0.1, 0.15) is 12.8 Å². The van der Waals surface area contributed by atoms with Gasteiger partial charge in [0.05, 0.1) is 0 Å². The van der Waals surface area contributed by atoms with Crippen LogP contribution >= 0.6 is 23.2 Å². The van der Waals surface area contributed by atoms with Gasteiger partial charge in [0.1, 0.15) is 5.75 Å². The molecule has 116 valence electrons. The fraction of sp³-hybridized carbons (Fsp3) is 0.429. The maximum atomic E-state index is 11.5. The molecular formula is C14H18Cl2N2O3. The van der Waals surface area contributed by atoms with Crippen molar-refractivity contribution in [3.63, 3.8) is 0 Å². The Morgan fingerprint density at radius 3 is 2.29 bits per heavy atom. The molecule has 1 aromatic carbocycles. The molecule has 0 aromatic heterocycles. The van der Waals surface area contributed by atoms with E-state index in [1.807, 2.05) is 0 Å². The summed E-state index contributed by atoms with van der Waals surface area (Å²) >= 11 is 11.2. The van der Waals surface area contributed by atoms with Crippen molar-refractivity contribution in [1.29, 1.82) is 0 Å². The Kier molecular flexibility index (Phi) is 8.62. The maximum absolute atomic E-state index is 11.5. The molecule has 21 heavy (non-hydrogen) atoms. The first-order valence-corrected chi connectivity index (χ1v) is 7.51. The average Bonchev–Trinajstić information content (AvgIpc) is 2.49. The number of amides is 2. The van der Waals surface area contributed by atoms with Gasteiger partial charge < -0.3 is 15.4 Å². The number of nitrogens with one attached hydrogen (secondary N) is 2. The van der Waals surface area contributed by atoms with Gasteiger partial charge in [-0.15, -0.1) is 11.6 Å². The van der Waals surface area contributed by atoms with Gasteiger partial charge >= 0.3 is 0 Å². The van der Waals surface area contributed by atoms with Crippen molar-refractivity contribution >= 4 is 35.0 Å². The minimum atomic E-state index is -0.250. The van der Waals surface area contributed by atoms with Gasteiger partial charge in [-0.3, -0.25) is 9.59 Å². The van der Waals surface area contributed by atoms with E-state index in [-0.39, 0.29) is 18.4 Å². The molecule has 0 saturated carbocycles. The van der Waals surface area contributed by atoms with Gasteiger partial charge in [0.15, 0.2) is 6.61 Å². The number of rotatable bonds is 9. The van der Waals surface area contributed by atoms with Crippen molar-refractivity contribution in [2.45, 2.75) is 12.8 Å². The van der Waals surface area contributed by atoms with Crippen LogP contribution in [0.4, 0.5) is 0 Å². The average molecular weight is 333 g/mol. The molecule has 0 aliphatic carbocycles. The van der Waals surface area contributed by atoms with Crippen LogP contribution in [0.2, 0.25) is 5.02 Å². The van der Waals surface area contributed by atoms with E-state index in [9.17, 15) is 9.59 Å². The van der Waals surface area contributed by atoms with Crippen LogP contribution in [0.15, 0.2) is 24.3 Å². The normalized spacial score (nSPS) is 10.0. The molecule has 2 amide bonds. The largest absolute Gasteiger partial charge is 0.484 e. The van der Waals surface area contributed by atoms with Crippen molar-refractivity contribution in [2.75, 3.05) is 25.6 Å². The van der Waals surface area contributed by atoms with Crippen LogP contribution in [-0.4, -0.2) is 37.4 Å². The van der Waals surface area contributed by atoms with Crippen LogP contribution in [0.5, 0.6) is 5.75 Å². The highest BCUT2D eigenvalue weighted by Gasteiger charge is 2.03. The number of carbonyl (C=O) groups excluding carboxylic acids is 2. The Morgan fingerprint density at radius 1 is 1.05 bits per heavy atom. The maximum Gasteiger partial charge on any atom is 0.258 e. The van der Waals surface area contributed by atoms with Crippen molar-refractivity contribution < 1.29 is 14.3 Å². The molecule has 0 aliphatic rings. The molecule has 0 fully saturated rings. The highest BCUT2D eigenvalue weighted by atomic mass is 35.5. The second-order valence-electron chi connectivity index (χ2n) is 4.24. The molecule has 0 bridgehead atoms. The molecule has 0 radical (unpaired) electrons. The second-order valence-corrected chi connectivity index (χ2v) is 5.05. The first kappa shape index (κ1) is 17.6. The van der Waals surface area contributed by atoms with Gasteiger partial charge in [-0.05, 0) is 30.7 Å². The SMILES string of the molecule is O=C(CCCCl)NCCNC(=O)COc1ccc(Cl)cc1. The molecule has 0 unspecified atom stereocenters. The van der Waals surface area contributed by atoms with Crippen LogP contribution in [-0.2, 0) is 9.59 Å². The fourth-order valence-corrected chi connectivity index (χ4v) is 1.71. The van der Waals surface area contributed by atoms with E-state index in [0.29, 0.717) is 42.6 Å². The van der Waals surface area contributed by atoms with Gasteiger partial charge in [0.25, 0.3) is 5.91 Å². The molecule has 0 aliphatic heterocycles. The van der Waals surface area contributed by atoms with Crippen LogP contribution < -0.4 is 15.4 Å². The topological polar surface area (TPSA) is 67.4 Å². The lowest BCUT2D eigenvalue weighted by molar-refractivity contribution is -0.124. The summed E-state index contributed by atoms with van der Waals surface area (Å²) < 4.78 is 5.28. The van der Waals surface area contributed by atoms with Gasteiger partial charge in [-0.1, -0.05) is 11.6 Å². The zero-order valence-corrected chi connectivity index (χ0v) is 13.0. The number of benzene rings is 1. The lowest BCUT2D eigenvalue weighted by Crippen LogP contribution is -2.36. The summed E-state index contributed by atoms with van der Waals surface area (Å²) in [4.78, 5) is 22.8. The summed E-state index contributed by atoms with van der Waals surface area (Å²) in [5.41, 5.74) is 0. The van der Waals surface area contributed by atoms with Gasteiger partial charge in [0.2, 0.25) is 5.91 Å². The van der Waals surface area contributed by atoms with Crippen LogP contribution in [0.25, 0.3) is 0 Å². The van der Waals surface area contributed by atoms with Gasteiger partial charge in [0, 0.05) is 30.4 Å². The minimum absolute atomic E-state index is 0.0673. The Bertz CT molecular complexity index is 452. The number of ether oxygens (including phenoxy) is 1. The quantitative estimate of drug-likeness (QED) is 0.536. The molecule has 7 heteroatoms. The smallest absolute Gasteiger partial charge is 0.258 e. The number of alkyl halides is 1. The molecule has 2 N–H and O–H groups in total. The van der Waals surface area contributed by atoms with Gasteiger partial charge in [-0.2, -0.15) is 0 Å². The number of hydrogen-bond donors (Lipinski definition) is 2. The predicted octanol–water partition coefficient (Wildman–Crippen LogP) is 1.97. The Hall–Kier alpha value is -1.46. The van der Waals surface area contributed by atoms with E-state index in [4.69, 9.17) is 27.9 Å². The third kappa shape index (κ3) is 8.42. The molecule has 0 atom stereocenters. The number of carbonyl (C=O) groups is 2. The molecule has 1 rings (SSSR count). The van der Waals surface area contributed by atoms with E-state index in [1.54, 1.807) is 24.3 Å². The molecular weight excluding hydrogens is 315 g/mol. The van der Waals surface area contributed by atoms with Crippen molar-refractivity contribution in [2.24, 2.45) is 0 Å². The summed E-state index contributed by atoms with van der Waals surface area (Å²) in [6.45, 7) is 0.658. The monoisotopic (exact) mass is 332 g/mol. The minimum Gasteiger partial charge on any atom is -0.484 e. The standard InChI is InChI=1S/C14H18Cl2N2O3/c15-7-1-2-13(19)17-8-9-18-14(20)10-21-12-5-3-11(16)4-6-12/h3-6H,1-2,7-10H2,(H,17,19)(H,18,20). The Labute approximate surface area is 133 Å². The first-order chi connectivity index (χ1) is 10.1. The van der Waals surface area contributed by atoms with Crippen LogP contribution in [0, 0.1) is 0 Å². The fourth-order valence-electron chi connectivity index (χ4n) is 1.45. The first-order valence-electron chi connectivity index (χ1n) is 6.59. The van der Waals surface area contributed by atoms with Crippen molar-refractivity contribution in [3.8, 4) is 5.75 Å². The second kappa shape index (κ2) is 10.3. The summed E-state index contributed by atoms with van der Waals surface area (Å²) in [5, 5.41) is 5.94. The lowest BCUT2D eigenvalue weighted by atomic mass is 10.3. The third-order valence-electron chi connectivity index (χ3n) is 2.49. The summed E-state index contributed by atoms with van der Waals surface area (Å²) in [7, 11) is 0. The van der Waals surface area contributed by atoms with E-state index in [1.165, 1.54) is 0 Å². The summed E-state index contributed by atoms with van der Waals surface area (Å²) in [5.74, 6) is 0.720. The highest BCUT2D eigenvalue weighted by Crippen LogP contribution is 2.15. The molecule has 5 nitrogen and oxygen atoms in total. The van der Waals surface area contributed by atoms with Gasteiger partial charge in [-0.25, -0.2) is 0 Å². The van der Waals surface area contributed by atoms with Crippen LogP contribution in [0.3, 0.4) is 0 Å². The zero-order chi connectivity index (χ0) is 15.5. The van der Waals surface area contributed by atoms with E-state index >= 15 is 0 Å². The summed E-state index contributed by atoms with van der Waals surface area (Å²) in [6, 6.07) is 6.75. The Balaban J connectivity index is 2.08. The number of hydrogen-bond acceptors (Lipinski definition) is 3. The lowest BCUT2D eigenvalue weighted by Gasteiger charge is -2.08. The van der Waals surface area contributed by atoms with E-state index < -0.39 is 0 Å². The van der Waals surface area contributed by atoms with Crippen molar-refractivity contribution in [1.82, 2.24) is 10.6 Å². The third-order valence-corrected chi connectivity index (χ3v) is 3.01. The highest BCUT2D eigenvalue weighted by molar-refractivity contribution is 6.30.